The van der Waals surface area contributed by atoms with Gasteiger partial charge in [0.2, 0.25) is 5.91 Å². The van der Waals surface area contributed by atoms with Crippen LogP contribution in [0.5, 0.6) is 0 Å². The van der Waals surface area contributed by atoms with Gasteiger partial charge in [0.1, 0.15) is 17.5 Å². The fraction of sp³-hybridized carbons (Fsp3) is 0.467. The first-order valence-electron chi connectivity index (χ1n) is 13.7. The van der Waals surface area contributed by atoms with Crippen molar-refractivity contribution in [2.24, 2.45) is 17.8 Å². The van der Waals surface area contributed by atoms with Gasteiger partial charge in [0, 0.05) is 53.4 Å². The lowest BCUT2D eigenvalue weighted by Gasteiger charge is -2.36. The van der Waals surface area contributed by atoms with Crippen LogP contribution in [0.25, 0.3) is 16.6 Å². The smallest absolute Gasteiger partial charge is 0.410 e. The highest BCUT2D eigenvalue weighted by Gasteiger charge is 2.58. The van der Waals surface area contributed by atoms with E-state index in [9.17, 15) is 18.8 Å². The summed E-state index contributed by atoms with van der Waals surface area (Å²) >= 11 is 3.44. The van der Waals surface area contributed by atoms with Crippen molar-refractivity contribution in [2.75, 3.05) is 19.6 Å². The number of ether oxygens (including phenoxy) is 1. The standard InChI is InChI=1S/C30H32BrFN4O4/c1-30(2,3)40-29(39)36-15-18-12-21(18)26(36)28(38)34-10-7-17(8-11-34)27(37)22-16-35(25-14-33-9-6-20(22)25)24-5-4-19(32)13-23(24)31/h4-6,9,13-14,16-18,21,26H,7-8,10-12,15H2,1-3H3/t18-,21-,26-/m0/s1. The summed E-state index contributed by atoms with van der Waals surface area (Å²) in [5, 5.41) is 0.786. The average molecular weight is 612 g/mol. The molecule has 3 aromatic rings. The fourth-order valence-corrected chi connectivity index (χ4v) is 6.75. The zero-order chi connectivity index (χ0) is 28.3. The van der Waals surface area contributed by atoms with Crippen molar-refractivity contribution in [1.29, 1.82) is 0 Å². The molecule has 6 rings (SSSR count). The van der Waals surface area contributed by atoms with Gasteiger partial charge in [-0.15, -0.1) is 0 Å². The molecule has 3 aliphatic rings. The highest BCUT2D eigenvalue weighted by molar-refractivity contribution is 9.10. The molecule has 210 valence electrons. The molecule has 2 amide bonds. The Labute approximate surface area is 240 Å². The molecule has 4 heterocycles. The van der Waals surface area contributed by atoms with E-state index in [-0.39, 0.29) is 29.3 Å². The molecule has 0 N–H and O–H groups in total. The molecule has 10 heteroatoms. The van der Waals surface area contributed by atoms with Crippen LogP contribution in [-0.4, -0.2) is 68.4 Å². The van der Waals surface area contributed by atoms with Crippen LogP contribution >= 0.6 is 15.9 Å². The molecule has 0 bridgehead atoms. The molecule has 0 spiro atoms. The number of nitrogens with zero attached hydrogens (tertiary/aromatic N) is 4. The fourth-order valence-electron chi connectivity index (χ4n) is 6.21. The quantitative estimate of drug-likeness (QED) is 0.359. The third-order valence-corrected chi connectivity index (χ3v) is 8.89. The van der Waals surface area contributed by atoms with Crippen LogP contribution in [0.1, 0.15) is 50.4 Å². The van der Waals surface area contributed by atoms with Gasteiger partial charge in [-0.05, 0) is 92.1 Å². The number of pyridine rings is 1. The van der Waals surface area contributed by atoms with E-state index >= 15 is 0 Å². The van der Waals surface area contributed by atoms with Gasteiger partial charge >= 0.3 is 6.09 Å². The summed E-state index contributed by atoms with van der Waals surface area (Å²) in [5.41, 5.74) is 1.44. The van der Waals surface area contributed by atoms with Crippen LogP contribution in [-0.2, 0) is 9.53 Å². The van der Waals surface area contributed by atoms with Gasteiger partial charge in [-0.25, -0.2) is 9.18 Å². The SMILES string of the molecule is CC(C)(C)OC(=O)N1C[C@@H]2C[C@@H]2[C@H]1C(=O)N1CCC(C(=O)c2cn(-c3ccc(F)cc3Br)c3cnccc23)CC1. The van der Waals surface area contributed by atoms with Gasteiger partial charge < -0.3 is 14.2 Å². The third-order valence-electron chi connectivity index (χ3n) is 8.25. The summed E-state index contributed by atoms with van der Waals surface area (Å²) in [6, 6.07) is 5.79. The molecule has 0 unspecified atom stereocenters. The number of halogens is 2. The van der Waals surface area contributed by atoms with Crippen LogP contribution in [0.2, 0.25) is 0 Å². The minimum absolute atomic E-state index is 0.0267. The van der Waals surface area contributed by atoms with Gasteiger partial charge in [-0.3, -0.25) is 19.5 Å². The number of hydrogen-bond donors (Lipinski definition) is 0. The normalized spacial score (nSPS) is 22.9. The number of hydrogen-bond acceptors (Lipinski definition) is 5. The first-order chi connectivity index (χ1) is 19.0. The average Bonchev–Trinajstić information content (AvgIpc) is 3.41. The van der Waals surface area contributed by atoms with E-state index < -0.39 is 17.7 Å². The monoisotopic (exact) mass is 610 g/mol. The Morgan fingerprint density at radius 1 is 1.12 bits per heavy atom. The number of ketones is 1. The maximum Gasteiger partial charge on any atom is 0.410 e. The van der Waals surface area contributed by atoms with Crippen molar-refractivity contribution in [3.63, 3.8) is 0 Å². The largest absolute Gasteiger partial charge is 0.444 e. The predicted octanol–water partition coefficient (Wildman–Crippen LogP) is 5.60. The summed E-state index contributed by atoms with van der Waals surface area (Å²) in [7, 11) is 0. The van der Waals surface area contributed by atoms with Gasteiger partial charge in [0.15, 0.2) is 5.78 Å². The molecule has 1 aromatic carbocycles. The van der Waals surface area contributed by atoms with Crippen molar-refractivity contribution < 1.29 is 23.5 Å². The van der Waals surface area contributed by atoms with Crippen LogP contribution in [0.15, 0.2) is 47.3 Å². The third kappa shape index (κ3) is 4.91. The second-order valence-electron chi connectivity index (χ2n) is 12.1. The van der Waals surface area contributed by atoms with E-state index in [0.29, 0.717) is 54.1 Å². The number of amides is 2. The van der Waals surface area contributed by atoms with E-state index in [2.05, 4.69) is 20.9 Å². The van der Waals surface area contributed by atoms with Gasteiger partial charge in [-0.1, -0.05) is 0 Å². The molecule has 2 aromatic heterocycles. The number of carbonyl (C=O) groups excluding carboxylic acids is 3. The van der Waals surface area contributed by atoms with Gasteiger partial charge in [0.25, 0.3) is 0 Å². The van der Waals surface area contributed by atoms with E-state index in [1.807, 2.05) is 36.3 Å². The molecule has 1 saturated carbocycles. The van der Waals surface area contributed by atoms with Crippen LogP contribution < -0.4 is 0 Å². The number of piperidine rings is 2. The predicted molar refractivity (Wildman–Crippen MR) is 151 cm³/mol. The molecule has 2 aliphatic heterocycles. The van der Waals surface area contributed by atoms with Crippen molar-refractivity contribution in [3.8, 4) is 5.69 Å². The van der Waals surface area contributed by atoms with E-state index in [4.69, 9.17) is 4.74 Å². The molecule has 0 radical (unpaired) electrons. The summed E-state index contributed by atoms with van der Waals surface area (Å²) in [6.07, 6.45) is 6.80. The number of benzene rings is 1. The number of Topliss-reactive ketones (excluding diaryl/α,β-unsaturated/α-hetero) is 1. The van der Waals surface area contributed by atoms with Crippen molar-refractivity contribution in [3.05, 3.63) is 58.7 Å². The number of carbonyl (C=O) groups is 3. The molecule has 1 aliphatic carbocycles. The highest BCUT2D eigenvalue weighted by Crippen LogP contribution is 2.50. The number of likely N-dealkylation sites (tertiary alicyclic amines) is 2. The van der Waals surface area contributed by atoms with E-state index in [1.54, 1.807) is 29.6 Å². The second kappa shape index (κ2) is 9.98. The first kappa shape index (κ1) is 26.9. The molecule has 3 atom stereocenters. The minimum Gasteiger partial charge on any atom is -0.444 e. The topological polar surface area (TPSA) is 84.7 Å². The number of aromatic nitrogens is 2. The summed E-state index contributed by atoms with van der Waals surface area (Å²) in [6.45, 7) is 6.98. The van der Waals surface area contributed by atoms with E-state index in [0.717, 1.165) is 17.3 Å². The Morgan fingerprint density at radius 3 is 2.58 bits per heavy atom. The Balaban J connectivity index is 1.17. The maximum atomic E-state index is 13.8. The molecular formula is C30H32BrFN4O4. The summed E-state index contributed by atoms with van der Waals surface area (Å²) < 4.78 is 21.7. The molecule has 3 fully saturated rings. The van der Waals surface area contributed by atoms with Crippen LogP contribution in [0.4, 0.5) is 9.18 Å². The molecule has 8 nitrogen and oxygen atoms in total. The lowest BCUT2D eigenvalue weighted by molar-refractivity contribution is -0.138. The molecular weight excluding hydrogens is 579 g/mol. The summed E-state index contributed by atoms with van der Waals surface area (Å²) in [4.78, 5) is 47.9. The maximum absolute atomic E-state index is 13.8. The second-order valence-corrected chi connectivity index (χ2v) is 13.0. The number of rotatable bonds is 4. The lowest BCUT2D eigenvalue weighted by Crippen LogP contribution is -2.52. The molecule has 2 saturated heterocycles. The Bertz CT molecular complexity index is 1510. The zero-order valence-corrected chi connectivity index (χ0v) is 24.4. The zero-order valence-electron chi connectivity index (χ0n) is 22.8. The van der Waals surface area contributed by atoms with Crippen molar-refractivity contribution in [1.82, 2.24) is 19.4 Å². The minimum atomic E-state index is -0.623. The van der Waals surface area contributed by atoms with E-state index in [1.165, 1.54) is 12.1 Å². The molecule has 40 heavy (non-hydrogen) atoms. The Hall–Kier alpha value is -3.27. The van der Waals surface area contributed by atoms with Gasteiger partial charge in [0.05, 0.1) is 17.4 Å². The van der Waals surface area contributed by atoms with Crippen molar-refractivity contribution >= 4 is 44.6 Å². The van der Waals surface area contributed by atoms with Gasteiger partial charge in [-0.2, -0.15) is 0 Å². The van der Waals surface area contributed by atoms with Crippen LogP contribution in [0.3, 0.4) is 0 Å². The highest BCUT2D eigenvalue weighted by atomic mass is 79.9. The lowest BCUT2D eigenvalue weighted by atomic mass is 9.88. The van der Waals surface area contributed by atoms with Crippen molar-refractivity contribution in [2.45, 2.75) is 51.7 Å². The first-order valence-corrected chi connectivity index (χ1v) is 14.5. The summed E-state index contributed by atoms with van der Waals surface area (Å²) in [5.74, 6) is -0.0261. The number of fused-ring (bicyclic) bond motifs is 2. The Morgan fingerprint density at radius 2 is 1.88 bits per heavy atom. The van der Waals surface area contributed by atoms with Crippen LogP contribution in [0, 0.1) is 23.6 Å². The Kier molecular flexibility index (Phi) is 6.71.